The molecule has 0 fully saturated rings. The van der Waals surface area contributed by atoms with Gasteiger partial charge in [0.15, 0.2) is 0 Å². The monoisotopic (exact) mass is 372 g/mol. The van der Waals surface area contributed by atoms with Crippen LogP contribution in [-0.4, -0.2) is 14.0 Å². The predicted octanol–water partition coefficient (Wildman–Crippen LogP) is 6.40. The Morgan fingerprint density at radius 1 is 1.12 bits per heavy atom. The first-order chi connectivity index (χ1) is 12.2. The molecule has 0 N–H and O–H groups in total. The fourth-order valence-electron chi connectivity index (χ4n) is 2.36. The molecule has 0 spiro atoms. The number of esters is 1. The van der Waals surface area contributed by atoms with Crippen LogP contribution in [0, 0.1) is 0 Å². The summed E-state index contributed by atoms with van der Waals surface area (Å²) in [6, 6.07) is 11.3. The summed E-state index contributed by atoms with van der Waals surface area (Å²) >= 11 is 0. The molecule has 0 heterocycles. The van der Waals surface area contributed by atoms with Crippen LogP contribution in [0.2, 0.25) is 25.7 Å². The Labute approximate surface area is 159 Å². The fourth-order valence-corrected chi connectivity index (χ4v) is 3.23. The molecule has 142 valence electrons. The summed E-state index contributed by atoms with van der Waals surface area (Å²) in [6.07, 6.45) is 8.67. The number of ether oxygens (including phenoxy) is 2. The van der Waals surface area contributed by atoms with E-state index in [4.69, 9.17) is 9.47 Å². The van der Waals surface area contributed by atoms with Crippen molar-refractivity contribution in [3.8, 4) is 0 Å². The first-order valence-electron chi connectivity index (χ1n) is 9.10. The summed E-state index contributed by atoms with van der Waals surface area (Å²) in [5.74, 6) is 0.193. The third kappa shape index (κ3) is 8.86. The van der Waals surface area contributed by atoms with Gasteiger partial charge < -0.3 is 9.47 Å². The van der Waals surface area contributed by atoms with Gasteiger partial charge in [0.1, 0.15) is 11.9 Å². The average Bonchev–Trinajstić information content (AvgIpc) is 2.58. The number of hydrogen-bond acceptors (Lipinski definition) is 3. The number of rotatable bonds is 9. The molecule has 0 aliphatic rings. The van der Waals surface area contributed by atoms with Crippen LogP contribution in [0.1, 0.15) is 38.9 Å². The number of carbonyl (C=O) groups excluding carboxylic acids is 1. The van der Waals surface area contributed by atoms with Gasteiger partial charge in [-0.3, -0.25) is 4.79 Å². The highest BCUT2D eigenvalue weighted by Crippen LogP contribution is 2.24. The van der Waals surface area contributed by atoms with E-state index in [9.17, 15) is 4.79 Å². The van der Waals surface area contributed by atoms with Crippen molar-refractivity contribution in [2.24, 2.45) is 0 Å². The maximum absolute atomic E-state index is 11.2. The van der Waals surface area contributed by atoms with Gasteiger partial charge in [-0.2, -0.15) is 0 Å². The molecule has 3 nitrogen and oxygen atoms in total. The zero-order valence-electron chi connectivity index (χ0n) is 16.9. The van der Waals surface area contributed by atoms with Crippen molar-refractivity contribution in [2.45, 2.75) is 59.0 Å². The molecule has 1 aromatic rings. The molecule has 0 aromatic heterocycles. The van der Waals surface area contributed by atoms with E-state index >= 15 is 0 Å². The smallest absolute Gasteiger partial charge is 0.308 e. The highest BCUT2D eigenvalue weighted by molar-refractivity contribution is 6.76. The van der Waals surface area contributed by atoms with Crippen LogP contribution >= 0.6 is 0 Å². The van der Waals surface area contributed by atoms with Crippen molar-refractivity contribution in [1.29, 1.82) is 0 Å². The Bertz CT molecular complexity index is 652. The second kappa shape index (κ2) is 10.8. The van der Waals surface area contributed by atoms with Gasteiger partial charge >= 0.3 is 5.97 Å². The lowest BCUT2D eigenvalue weighted by Crippen LogP contribution is -2.17. The van der Waals surface area contributed by atoms with Crippen molar-refractivity contribution in [3.63, 3.8) is 0 Å². The topological polar surface area (TPSA) is 35.5 Å². The van der Waals surface area contributed by atoms with E-state index in [0.29, 0.717) is 5.76 Å². The van der Waals surface area contributed by atoms with Crippen molar-refractivity contribution >= 4 is 14.0 Å². The summed E-state index contributed by atoms with van der Waals surface area (Å²) < 4.78 is 11.3. The molecule has 1 rings (SSSR count). The van der Waals surface area contributed by atoms with Gasteiger partial charge in [0.2, 0.25) is 0 Å². The molecule has 0 unspecified atom stereocenters. The molecule has 0 amide bonds. The van der Waals surface area contributed by atoms with E-state index in [0.717, 1.165) is 17.6 Å². The van der Waals surface area contributed by atoms with E-state index < -0.39 is 8.07 Å². The lowest BCUT2D eigenvalue weighted by molar-refractivity contribution is -0.136. The van der Waals surface area contributed by atoms with Gasteiger partial charge in [-0.25, -0.2) is 0 Å². The Morgan fingerprint density at radius 3 is 2.31 bits per heavy atom. The number of allylic oxidation sites excluding steroid dienone is 3. The first-order valence-corrected chi connectivity index (χ1v) is 12.8. The van der Waals surface area contributed by atoms with Gasteiger partial charge in [-0.1, -0.05) is 62.1 Å². The van der Waals surface area contributed by atoms with Crippen molar-refractivity contribution < 1.29 is 14.3 Å². The summed E-state index contributed by atoms with van der Waals surface area (Å²) in [7, 11) is -1.08. The molecule has 1 atom stereocenters. The zero-order chi connectivity index (χ0) is 19.6. The minimum Gasteiger partial charge on any atom is -0.493 e. The quantitative estimate of drug-likeness (QED) is 0.165. The molecular formula is C22H32O3Si. The van der Waals surface area contributed by atoms with Crippen LogP contribution in [0.5, 0.6) is 0 Å². The van der Waals surface area contributed by atoms with Crippen LogP contribution in [-0.2, 0) is 14.3 Å². The second-order valence-corrected chi connectivity index (χ2v) is 13.1. The number of carbonyl (C=O) groups is 1. The molecule has 4 heteroatoms. The van der Waals surface area contributed by atoms with E-state index in [1.165, 1.54) is 13.0 Å². The third-order valence-electron chi connectivity index (χ3n) is 3.73. The van der Waals surface area contributed by atoms with Gasteiger partial charge in [0.25, 0.3) is 0 Å². The van der Waals surface area contributed by atoms with Gasteiger partial charge in [-0.15, -0.1) is 0 Å². The van der Waals surface area contributed by atoms with Crippen molar-refractivity contribution in [1.82, 2.24) is 0 Å². The largest absolute Gasteiger partial charge is 0.493 e. The highest BCUT2D eigenvalue weighted by atomic mass is 28.3. The average molecular weight is 373 g/mol. The predicted molar refractivity (Wildman–Crippen MR) is 111 cm³/mol. The van der Waals surface area contributed by atoms with Gasteiger partial charge in [-0.05, 0) is 31.5 Å². The van der Waals surface area contributed by atoms with Crippen LogP contribution in [0.3, 0.4) is 0 Å². The van der Waals surface area contributed by atoms with E-state index in [-0.39, 0.29) is 12.1 Å². The van der Waals surface area contributed by atoms with E-state index in [2.05, 4.69) is 43.9 Å². The van der Waals surface area contributed by atoms with Crippen molar-refractivity contribution in [3.05, 3.63) is 71.7 Å². The molecule has 0 saturated heterocycles. The summed E-state index contributed by atoms with van der Waals surface area (Å²) in [5, 5.41) is 0. The maximum Gasteiger partial charge on any atom is 0.308 e. The highest BCUT2D eigenvalue weighted by Gasteiger charge is 2.13. The standard InChI is InChI=1S/C22H32O3Si/c1-7-21(25-19(3)23)18(2)17-24-22(20-13-9-8-10-14-20)15-11-12-16-26(4,5)6/h7-14,17,22H,15-16H2,1-6H3/b12-11-,18-17+,21-7-/t22-/m0/s1. The third-order valence-corrected chi connectivity index (χ3v) is 5.19. The van der Waals surface area contributed by atoms with Gasteiger partial charge in [0, 0.05) is 27.0 Å². The Balaban J connectivity index is 2.86. The molecule has 0 aliphatic carbocycles. The summed E-state index contributed by atoms with van der Waals surface area (Å²) in [4.78, 5) is 11.2. The van der Waals surface area contributed by atoms with Crippen molar-refractivity contribution in [2.75, 3.05) is 0 Å². The molecule has 0 saturated carbocycles. The minimum absolute atomic E-state index is 0.0699. The number of benzene rings is 1. The summed E-state index contributed by atoms with van der Waals surface area (Å²) in [5.41, 5.74) is 1.92. The molecular weight excluding hydrogens is 340 g/mol. The lowest BCUT2D eigenvalue weighted by atomic mass is 10.1. The fraction of sp³-hybridized carbons (Fsp3) is 0.409. The summed E-state index contributed by atoms with van der Waals surface area (Å²) in [6.45, 7) is 12.2. The van der Waals surface area contributed by atoms with Crippen LogP contribution in [0.15, 0.2) is 66.2 Å². The molecule has 1 aromatic carbocycles. The van der Waals surface area contributed by atoms with Gasteiger partial charge in [0.05, 0.1) is 6.26 Å². The second-order valence-electron chi connectivity index (χ2n) is 7.55. The molecule has 26 heavy (non-hydrogen) atoms. The molecule has 0 aliphatic heterocycles. The normalized spacial score (nSPS) is 14.4. The lowest BCUT2D eigenvalue weighted by Gasteiger charge is -2.17. The zero-order valence-corrected chi connectivity index (χ0v) is 17.9. The molecule has 0 radical (unpaired) electrons. The first kappa shape index (κ1) is 22.0. The van der Waals surface area contributed by atoms with Crippen LogP contribution < -0.4 is 0 Å². The van der Waals surface area contributed by atoms with E-state index in [1.807, 2.05) is 32.0 Å². The maximum atomic E-state index is 11.2. The van der Waals surface area contributed by atoms with Crippen LogP contribution in [0.4, 0.5) is 0 Å². The van der Waals surface area contributed by atoms with E-state index in [1.54, 1.807) is 12.3 Å². The number of hydrogen-bond donors (Lipinski definition) is 0. The SMILES string of the molecule is C/C=C(OC(C)=O)/C(C)=C/O[C@@H](C/C=C\C[Si](C)(C)C)c1ccccc1. The Kier molecular flexibility index (Phi) is 9.14. The molecule has 0 bridgehead atoms. The van der Waals surface area contributed by atoms with Crippen LogP contribution in [0.25, 0.3) is 0 Å². The minimum atomic E-state index is -1.08. The Hall–Kier alpha value is -2.07. The Morgan fingerprint density at radius 2 is 1.77 bits per heavy atom.